The third kappa shape index (κ3) is 3.50. The number of nitro groups is 1. The van der Waals surface area contributed by atoms with Crippen molar-refractivity contribution in [3.8, 4) is 0 Å². The Hall–Kier alpha value is -3.03. The molecule has 2 N–H and O–H groups in total. The molecule has 2 aromatic heterocycles. The van der Waals surface area contributed by atoms with E-state index in [2.05, 4.69) is 20.6 Å². The van der Waals surface area contributed by atoms with E-state index in [9.17, 15) is 14.9 Å². The summed E-state index contributed by atoms with van der Waals surface area (Å²) in [7, 11) is 1.59. The third-order valence-corrected chi connectivity index (χ3v) is 2.72. The van der Waals surface area contributed by atoms with Crippen molar-refractivity contribution >= 4 is 17.4 Å². The molecule has 0 aromatic carbocycles. The van der Waals surface area contributed by atoms with Crippen LogP contribution in [0.15, 0.2) is 36.7 Å². The van der Waals surface area contributed by atoms with Gasteiger partial charge in [0.1, 0.15) is 12.0 Å². The van der Waals surface area contributed by atoms with Crippen LogP contribution in [0, 0.1) is 10.1 Å². The molecule has 0 aliphatic heterocycles. The maximum absolute atomic E-state index is 12.1. The van der Waals surface area contributed by atoms with Crippen LogP contribution in [0.25, 0.3) is 0 Å². The van der Waals surface area contributed by atoms with Gasteiger partial charge in [0.15, 0.2) is 0 Å². The normalized spacial score (nSPS) is 9.95. The Morgan fingerprint density at radius 3 is 2.81 bits per heavy atom. The van der Waals surface area contributed by atoms with Gasteiger partial charge in [-0.15, -0.1) is 0 Å². The van der Waals surface area contributed by atoms with E-state index in [4.69, 9.17) is 0 Å². The minimum absolute atomic E-state index is 0.114. The molecule has 1 amide bonds. The van der Waals surface area contributed by atoms with Crippen molar-refractivity contribution < 1.29 is 9.72 Å². The van der Waals surface area contributed by atoms with Crippen LogP contribution in [-0.2, 0) is 6.54 Å². The van der Waals surface area contributed by atoms with Gasteiger partial charge in [0.2, 0.25) is 0 Å². The largest absolute Gasteiger partial charge is 0.372 e. The summed E-state index contributed by atoms with van der Waals surface area (Å²) in [5, 5.41) is 16.1. The summed E-state index contributed by atoms with van der Waals surface area (Å²) in [4.78, 5) is 30.2. The molecule has 8 heteroatoms. The molecule has 2 heterocycles. The van der Waals surface area contributed by atoms with Crippen molar-refractivity contribution in [3.05, 3.63) is 58.0 Å². The summed E-state index contributed by atoms with van der Waals surface area (Å²) in [6.45, 7) is 0.228. The van der Waals surface area contributed by atoms with Gasteiger partial charge < -0.3 is 10.6 Å². The number of nitrogens with zero attached hydrogens (tertiary/aromatic N) is 3. The lowest BCUT2D eigenvalue weighted by Gasteiger charge is -2.08. The Bertz CT molecular complexity index is 660. The fraction of sp³-hybridized carbons (Fsp3) is 0.154. The highest BCUT2D eigenvalue weighted by Gasteiger charge is 2.17. The molecule has 0 saturated carbocycles. The minimum Gasteiger partial charge on any atom is -0.372 e. The number of rotatable bonds is 5. The van der Waals surface area contributed by atoms with Crippen LogP contribution in [0.5, 0.6) is 0 Å². The van der Waals surface area contributed by atoms with Crippen LogP contribution in [-0.4, -0.2) is 27.8 Å². The Morgan fingerprint density at radius 2 is 2.19 bits per heavy atom. The molecule has 0 bridgehead atoms. The molecule has 2 aromatic rings. The standard InChI is InChI=1S/C13H13N5O3/c1-14-12-11(6-10(8-16-12)18(20)21)13(19)17-7-9-4-2-3-5-15-9/h2-6,8H,7H2,1H3,(H,14,16)(H,17,19). The quantitative estimate of drug-likeness (QED) is 0.634. The number of carbonyl (C=O) groups is 1. The lowest BCUT2D eigenvalue weighted by atomic mass is 10.2. The SMILES string of the molecule is CNc1ncc([N+](=O)[O-])cc1C(=O)NCc1ccccn1. The first kappa shape index (κ1) is 14.4. The van der Waals surface area contributed by atoms with Gasteiger partial charge in [-0.2, -0.15) is 0 Å². The number of aromatic nitrogens is 2. The van der Waals surface area contributed by atoms with E-state index in [1.54, 1.807) is 25.4 Å². The van der Waals surface area contributed by atoms with Crippen LogP contribution in [0.3, 0.4) is 0 Å². The number of carbonyl (C=O) groups excluding carboxylic acids is 1. The van der Waals surface area contributed by atoms with Crippen molar-refractivity contribution in [2.45, 2.75) is 6.54 Å². The van der Waals surface area contributed by atoms with E-state index in [0.717, 1.165) is 6.20 Å². The predicted octanol–water partition coefficient (Wildman–Crippen LogP) is 1.36. The van der Waals surface area contributed by atoms with E-state index in [1.165, 1.54) is 6.07 Å². The minimum atomic E-state index is -0.595. The zero-order valence-corrected chi connectivity index (χ0v) is 11.2. The fourth-order valence-electron chi connectivity index (χ4n) is 1.69. The van der Waals surface area contributed by atoms with Gasteiger partial charge >= 0.3 is 0 Å². The highest BCUT2D eigenvalue weighted by atomic mass is 16.6. The van der Waals surface area contributed by atoms with E-state index in [0.29, 0.717) is 5.69 Å². The van der Waals surface area contributed by atoms with Crippen LogP contribution in [0.2, 0.25) is 0 Å². The van der Waals surface area contributed by atoms with E-state index in [-0.39, 0.29) is 23.6 Å². The average Bonchev–Trinajstić information content (AvgIpc) is 2.52. The van der Waals surface area contributed by atoms with Crippen LogP contribution < -0.4 is 10.6 Å². The monoisotopic (exact) mass is 287 g/mol. The zero-order valence-electron chi connectivity index (χ0n) is 11.2. The predicted molar refractivity (Wildman–Crippen MR) is 75.8 cm³/mol. The fourth-order valence-corrected chi connectivity index (χ4v) is 1.69. The number of hydrogen-bond acceptors (Lipinski definition) is 6. The Morgan fingerprint density at radius 1 is 1.38 bits per heavy atom. The summed E-state index contributed by atoms with van der Waals surface area (Å²) in [6.07, 6.45) is 2.72. The maximum Gasteiger partial charge on any atom is 0.288 e. The third-order valence-electron chi connectivity index (χ3n) is 2.72. The van der Waals surface area contributed by atoms with Gasteiger partial charge in [-0.05, 0) is 12.1 Å². The van der Waals surface area contributed by atoms with Gasteiger partial charge in [0.25, 0.3) is 11.6 Å². The second-order valence-corrected chi connectivity index (χ2v) is 4.10. The van der Waals surface area contributed by atoms with Gasteiger partial charge in [-0.1, -0.05) is 6.07 Å². The first-order valence-electron chi connectivity index (χ1n) is 6.12. The second kappa shape index (κ2) is 6.42. The van der Waals surface area contributed by atoms with Crippen molar-refractivity contribution in [3.63, 3.8) is 0 Å². The first-order valence-corrected chi connectivity index (χ1v) is 6.12. The molecule has 21 heavy (non-hydrogen) atoms. The smallest absolute Gasteiger partial charge is 0.288 e. The zero-order chi connectivity index (χ0) is 15.2. The average molecular weight is 287 g/mol. The number of hydrogen-bond donors (Lipinski definition) is 2. The number of anilines is 1. The second-order valence-electron chi connectivity index (χ2n) is 4.10. The Balaban J connectivity index is 2.17. The molecule has 0 fully saturated rings. The van der Waals surface area contributed by atoms with E-state index < -0.39 is 10.8 Å². The Labute approximate surface area is 120 Å². The van der Waals surface area contributed by atoms with Crippen molar-refractivity contribution in [2.75, 3.05) is 12.4 Å². The van der Waals surface area contributed by atoms with E-state index in [1.807, 2.05) is 6.07 Å². The number of amides is 1. The number of pyridine rings is 2. The summed E-state index contributed by atoms with van der Waals surface area (Å²) in [5.74, 6) is -0.180. The topological polar surface area (TPSA) is 110 Å². The lowest BCUT2D eigenvalue weighted by molar-refractivity contribution is -0.385. The van der Waals surface area contributed by atoms with Crippen LogP contribution in [0.1, 0.15) is 16.1 Å². The summed E-state index contributed by atoms with van der Waals surface area (Å²) in [6, 6.07) is 6.54. The molecule has 8 nitrogen and oxygen atoms in total. The van der Waals surface area contributed by atoms with Gasteiger partial charge in [0.05, 0.1) is 22.7 Å². The maximum atomic E-state index is 12.1. The lowest BCUT2D eigenvalue weighted by Crippen LogP contribution is -2.24. The summed E-state index contributed by atoms with van der Waals surface area (Å²) >= 11 is 0. The van der Waals surface area contributed by atoms with E-state index >= 15 is 0 Å². The molecule has 2 rings (SSSR count). The van der Waals surface area contributed by atoms with Crippen molar-refractivity contribution in [2.24, 2.45) is 0 Å². The van der Waals surface area contributed by atoms with Gasteiger partial charge in [-0.3, -0.25) is 19.9 Å². The summed E-state index contributed by atoms with van der Waals surface area (Å²) < 4.78 is 0. The molecule has 108 valence electrons. The van der Waals surface area contributed by atoms with Crippen molar-refractivity contribution in [1.82, 2.24) is 15.3 Å². The van der Waals surface area contributed by atoms with Crippen molar-refractivity contribution in [1.29, 1.82) is 0 Å². The molecule has 0 spiro atoms. The highest BCUT2D eigenvalue weighted by Crippen LogP contribution is 2.18. The molecule has 0 aliphatic rings. The molecule has 0 saturated heterocycles. The first-order chi connectivity index (χ1) is 10.1. The molecular weight excluding hydrogens is 274 g/mol. The van der Waals surface area contributed by atoms with Crippen LogP contribution in [0.4, 0.5) is 11.5 Å². The Kier molecular flexibility index (Phi) is 4.39. The summed E-state index contributed by atoms with van der Waals surface area (Å²) in [5.41, 5.74) is 0.565. The molecule has 0 atom stereocenters. The molecule has 0 radical (unpaired) electrons. The molecular formula is C13H13N5O3. The van der Waals surface area contributed by atoms with Gasteiger partial charge in [0, 0.05) is 19.3 Å². The van der Waals surface area contributed by atoms with Gasteiger partial charge in [-0.25, -0.2) is 4.98 Å². The number of nitrogens with one attached hydrogen (secondary N) is 2. The molecule has 0 aliphatic carbocycles. The van der Waals surface area contributed by atoms with Crippen LogP contribution >= 0.6 is 0 Å². The molecule has 0 unspecified atom stereocenters. The highest BCUT2D eigenvalue weighted by molar-refractivity contribution is 5.99.